The minimum absolute atomic E-state index is 0.339. The predicted octanol–water partition coefficient (Wildman–Crippen LogP) is 2.97. The fraction of sp³-hybridized carbons (Fsp3) is 0.286. The van der Waals surface area contributed by atoms with Gasteiger partial charge in [0.15, 0.2) is 0 Å². The van der Waals surface area contributed by atoms with Crippen LogP contribution in [0.15, 0.2) is 40.6 Å². The topological polar surface area (TPSA) is 58.2 Å². The maximum absolute atomic E-state index is 12.3. The number of thiophene rings is 1. The molecule has 2 rings (SSSR count). The van der Waals surface area contributed by atoms with Crippen LogP contribution in [0.1, 0.15) is 17.4 Å². The van der Waals surface area contributed by atoms with E-state index < -0.39 is 10.0 Å². The van der Waals surface area contributed by atoms with Crippen LogP contribution in [-0.2, 0) is 16.6 Å². The lowest BCUT2D eigenvalue weighted by molar-refractivity contribution is 0.603. The van der Waals surface area contributed by atoms with Gasteiger partial charge in [-0.25, -0.2) is 8.42 Å². The highest BCUT2D eigenvalue weighted by atomic mass is 32.2. The van der Waals surface area contributed by atoms with E-state index in [1.807, 2.05) is 32.0 Å². The normalized spacial score (nSPS) is 11.5. The molecule has 1 aromatic carbocycles. The highest BCUT2D eigenvalue weighted by molar-refractivity contribution is 7.94. The standard InChI is InChI=1S/C14H18N2O2S2/c1-3-15-10-13-8-9-14(19-13)20(17,18)16-12-6-4-11(2)5-7-12/h4-9,15-16H,3,10H2,1-2H3. The lowest BCUT2D eigenvalue weighted by Crippen LogP contribution is -2.11. The second-order valence-corrected chi connectivity index (χ2v) is 7.55. The van der Waals surface area contributed by atoms with Gasteiger partial charge in [-0.1, -0.05) is 24.6 Å². The molecule has 0 unspecified atom stereocenters. The van der Waals surface area contributed by atoms with E-state index in [4.69, 9.17) is 0 Å². The van der Waals surface area contributed by atoms with Gasteiger partial charge in [-0.3, -0.25) is 4.72 Å². The Labute approximate surface area is 123 Å². The molecule has 0 bridgehead atoms. The number of anilines is 1. The molecule has 20 heavy (non-hydrogen) atoms. The molecule has 6 heteroatoms. The summed E-state index contributed by atoms with van der Waals surface area (Å²) in [4.78, 5) is 1.01. The van der Waals surface area contributed by atoms with Crippen LogP contribution in [0, 0.1) is 6.92 Å². The number of sulfonamides is 1. The summed E-state index contributed by atoms with van der Waals surface area (Å²) in [5.41, 5.74) is 1.68. The summed E-state index contributed by atoms with van der Waals surface area (Å²) in [7, 11) is -3.49. The Bertz CT molecular complexity index is 661. The SMILES string of the molecule is CCNCc1ccc(S(=O)(=O)Nc2ccc(C)cc2)s1. The van der Waals surface area contributed by atoms with Crippen LogP contribution in [0.5, 0.6) is 0 Å². The monoisotopic (exact) mass is 310 g/mol. The Hall–Kier alpha value is -1.37. The average molecular weight is 310 g/mol. The Kier molecular flexibility index (Phi) is 4.80. The Morgan fingerprint density at radius 1 is 1.10 bits per heavy atom. The van der Waals surface area contributed by atoms with E-state index in [0.29, 0.717) is 16.4 Å². The molecule has 0 radical (unpaired) electrons. The molecule has 2 aromatic rings. The minimum atomic E-state index is -3.49. The summed E-state index contributed by atoms with van der Waals surface area (Å²) in [6.45, 7) is 5.54. The van der Waals surface area contributed by atoms with Gasteiger partial charge in [0.2, 0.25) is 0 Å². The number of aryl methyl sites for hydroxylation is 1. The van der Waals surface area contributed by atoms with Crippen molar-refractivity contribution < 1.29 is 8.42 Å². The van der Waals surface area contributed by atoms with Gasteiger partial charge in [-0.2, -0.15) is 0 Å². The Balaban J connectivity index is 2.13. The number of rotatable bonds is 6. The summed E-state index contributed by atoms with van der Waals surface area (Å²) in [5, 5.41) is 3.18. The number of hydrogen-bond acceptors (Lipinski definition) is 4. The van der Waals surface area contributed by atoms with E-state index in [2.05, 4.69) is 10.0 Å². The molecule has 0 amide bonds. The summed E-state index contributed by atoms with van der Waals surface area (Å²) in [5.74, 6) is 0. The van der Waals surface area contributed by atoms with Gasteiger partial charge in [-0.05, 0) is 37.7 Å². The van der Waals surface area contributed by atoms with E-state index in [1.54, 1.807) is 18.2 Å². The molecule has 108 valence electrons. The smallest absolute Gasteiger partial charge is 0.271 e. The van der Waals surface area contributed by atoms with Crippen molar-refractivity contribution in [3.8, 4) is 0 Å². The van der Waals surface area contributed by atoms with Crippen LogP contribution >= 0.6 is 11.3 Å². The lowest BCUT2D eigenvalue weighted by Gasteiger charge is -2.06. The Morgan fingerprint density at radius 2 is 1.80 bits per heavy atom. The molecule has 0 saturated carbocycles. The molecule has 0 aliphatic rings. The molecule has 1 heterocycles. The van der Waals surface area contributed by atoms with Crippen LogP contribution in [0.4, 0.5) is 5.69 Å². The highest BCUT2D eigenvalue weighted by Crippen LogP contribution is 2.24. The molecule has 0 saturated heterocycles. The predicted molar refractivity (Wildman–Crippen MR) is 83.7 cm³/mol. The zero-order chi connectivity index (χ0) is 14.6. The number of hydrogen-bond donors (Lipinski definition) is 2. The molecule has 0 aliphatic heterocycles. The zero-order valence-electron chi connectivity index (χ0n) is 11.5. The molecule has 1 aromatic heterocycles. The third-order valence-electron chi connectivity index (χ3n) is 2.75. The molecule has 2 N–H and O–H groups in total. The Morgan fingerprint density at radius 3 is 2.45 bits per heavy atom. The van der Waals surface area contributed by atoms with Crippen molar-refractivity contribution in [1.82, 2.24) is 5.32 Å². The molecular formula is C14H18N2O2S2. The van der Waals surface area contributed by atoms with Crippen LogP contribution in [0.2, 0.25) is 0 Å². The van der Waals surface area contributed by atoms with Gasteiger partial charge in [0, 0.05) is 17.1 Å². The average Bonchev–Trinajstić information content (AvgIpc) is 2.88. The minimum Gasteiger partial charge on any atom is -0.312 e. The van der Waals surface area contributed by atoms with Gasteiger partial charge < -0.3 is 5.32 Å². The molecule has 0 fully saturated rings. The first kappa shape index (κ1) is 15.0. The summed E-state index contributed by atoms with van der Waals surface area (Å²) < 4.78 is 27.4. The quantitative estimate of drug-likeness (QED) is 0.862. The highest BCUT2D eigenvalue weighted by Gasteiger charge is 2.16. The first-order chi connectivity index (χ1) is 9.51. The lowest BCUT2D eigenvalue weighted by atomic mass is 10.2. The molecule has 4 nitrogen and oxygen atoms in total. The zero-order valence-corrected chi connectivity index (χ0v) is 13.1. The largest absolute Gasteiger partial charge is 0.312 e. The third-order valence-corrected chi connectivity index (χ3v) is 5.71. The van der Waals surface area contributed by atoms with Crippen molar-refractivity contribution in [3.05, 3.63) is 46.8 Å². The van der Waals surface area contributed by atoms with E-state index in [0.717, 1.165) is 17.0 Å². The van der Waals surface area contributed by atoms with E-state index in [9.17, 15) is 8.42 Å². The van der Waals surface area contributed by atoms with E-state index in [1.165, 1.54) is 11.3 Å². The fourth-order valence-corrected chi connectivity index (χ4v) is 4.06. The second-order valence-electron chi connectivity index (χ2n) is 4.47. The van der Waals surface area contributed by atoms with E-state index in [-0.39, 0.29) is 0 Å². The molecule has 0 aliphatic carbocycles. The van der Waals surface area contributed by atoms with Crippen molar-refractivity contribution in [2.24, 2.45) is 0 Å². The maximum atomic E-state index is 12.3. The molecular weight excluding hydrogens is 292 g/mol. The van der Waals surface area contributed by atoms with Crippen LogP contribution in [-0.4, -0.2) is 15.0 Å². The summed E-state index contributed by atoms with van der Waals surface area (Å²) >= 11 is 1.29. The first-order valence-corrected chi connectivity index (χ1v) is 8.70. The van der Waals surface area contributed by atoms with Crippen LogP contribution < -0.4 is 10.0 Å². The van der Waals surface area contributed by atoms with Crippen LogP contribution in [0.25, 0.3) is 0 Å². The molecule has 0 spiro atoms. The van der Waals surface area contributed by atoms with Gasteiger partial charge in [0.1, 0.15) is 4.21 Å². The van der Waals surface area contributed by atoms with Crippen molar-refractivity contribution >= 4 is 27.0 Å². The van der Waals surface area contributed by atoms with Crippen molar-refractivity contribution in [2.45, 2.75) is 24.6 Å². The van der Waals surface area contributed by atoms with E-state index >= 15 is 0 Å². The van der Waals surface area contributed by atoms with Crippen LogP contribution in [0.3, 0.4) is 0 Å². The van der Waals surface area contributed by atoms with Gasteiger partial charge in [-0.15, -0.1) is 11.3 Å². The second kappa shape index (κ2) is 6.39. The number of benzene rings is 1. The molecule has 0 atom stereocenters. The van der Waals surface area contributed by atoms with Crippen molar-refractivity contribution in [3.63, 3.8) is 0 Å². The summed E-state index contributed by atoms with van der Waals surface area (Å²) in [6, 6.07) is 10.8. The van der Waals surface area contributed by atoms with Gasteiger partial charge in [0.25, 0.3) is 10.0 Å². The first-order valence-electron chi connectivity index (χ1n) is 6.40. The summed E-state index contributed by atoms with van der Waals surface area (Å²) in [6.07, 6.45) is 0. The van der Waals surface area contributed by atoms with Gasteiger partial charge >= 0.3 is 0 Å². The van der Waals surface area contributed by atoms with Crippen molar-refractivity contribution in [2.75, 3.05) is 11.3 Å². The maximum Gasteiger partial charge on any atom is 0.271 e. The van der Waals surface area contributed by atoms with Crippen molar-refractivity contribution in [1.29, 1.82) is 0 Å². The van der Waals surface area contributed by atoms with Gasteiger partial charge in [0.05, 0.1) is 0 Å². The number of nitrogens with one attached hydrogen (secondary N) is 2. The fourth-order valence-electron chi connectivity index (χ4n) is 1.67. The third kappa shape index (κ3) is 3.82.